The Labute approximate surface area is 274 Å². The lowest BCUT2D eigenvalue weighted by Gasteiger charge is -2.28. The van der Waals surface area contributed by atoms with Crippen LogP contribution in [0.15, 0.2) is 65.1 Å². The molecule has 2 heterocycles. The van der Waals surface area contributed by atoms with Crippen molar-refractivity contribution < 1.29 is 52.7 Å². The van der Waals surface area contributed by atoms with Gasteiger partial charge >= 0.3 is 12.4 Å². The number of hydrazine groups is 1. The Bertz CT molecular complexity index is 2050. The van der Waals surface area contributed by atoms with Crippen LogP contribution < -0.4 is 10.3 Å². The fourth-order valence-electron chi connectivity index (χ4n) is 4.88. The van der Waals surface area contributed by atoms with Crippen molar-refractivity contribution in [3.8, 4) is 11.1 Å². The number of ether oxygens (including phenoxy) is 1. The topological polar surface area (TPSA) is 159 Å². The molecule has 2 atom stereocenters. The van der Waals surface area contributed by atoms with Crippen LogP contribution >= 0.6 is 11.3 Å². The molecular formula is C28H22F6N5O6S3-. The second-order valence-corrected chi connectivity index (χ2v) is 14.1. The van der Waals surface area contributed by atoms with E-state index in [1.807, 2.05) is 24.3 Å². The highest BCUT2D eigenvalue weighted by molar-refractivity contribution is 7.92. The summed E-state index contributed by atoms with van der Waals surface area (Å²) in [6.07, 6.45) is -10.1. The summed E-state index contributed by atoms with van der Waals surface area (Å²) < 4.78 is 142. The molecule has 0 saturated heterocycles. The molecule has 0 aliphatic carbocycles. The highest BCUT2D eigenvalue weighted by Crippen LogP contribution is 2.49. The molecule has 0 aliphatic heterocycles. The van der Waals surface area contributed by atoms with Crippen LogP contribution in [-0.2, 0) is 56.1 Å². The average Bonchev–Trinajstić information content (AvgIpc) is 3.63. The van der Waals surface area contributed by atoms with Gasteiger partial charge in [0.25, 0.3) is 0 Å². The highest BCUT2D eigenvalue weighted by Gasteiger charge is 2.55. The summed E-state index contributed by atoms with van der Waals surface area (Å²) in [5, 5.41) is 6.89. The number of methoxy groups -OCH3 is 1. The monoisotopic (exact) mass is 734 g/mol. The zero-order valence-electron chi connectivity index (χ0n) is 24.5. The van der Waals surface area contributed by atoms with Crippen LogP contribution in [0.3, 0.4) is 0 Å². The zero-order chi connectivity index (χ0) is 35.1. The number of benzene rings is 3. The van der Waals surface area contributed by atoms with Gasteiger partial charge in [0.2, 0.25) is 16.5 Å². The third-order valence-electron chi connectivity index (χ3n) is 7.00. The maximum absolute atomic E-state index is 14.0. The van der Waals surface area contributed by atoms with Crippen molar-refractivity contribution in [1.29, 1.82) is 0 Å². The van der Waals surface area contributed by atoms with E-state index < -0.39 is 78.2 Å². The third kappa shape index (κ3) is 7.14. The first-order valence-corrected chi connectivity index (χ1v) is 17.1. The molecule has 2 N–H and O–H groups in total. The normalized spacial score (nSPS) is 14.7. The molecule has 0 saturated carbocycles. The van der Waals surface area contributed by atoms with Crippen LogP contribution in [0, 0.1) is 0 Å². The molecule has 0 bridgehead atoms. The van der Waals surface area contributed by atoms with Crippen LogP contribution in [0.1, 0.15) is 39.0 Å². The van der Waals surface area contributed by atoms with E-state index >= 15 is 0 Å². The largest absolute Gasteiger partial charge is 0.759 e. The van der Waals surface area contributed by atoms with Crippen molar-refractivity contribution in [2.24, 2.45) is 0 Å². The molecule has 11 nitrogen and oxygen atoms in total. The Balaban J connectivity index is 1.78. The molecule has 0 fully saturated rings. The predicted molar refractivity (Wildman–Crippen MR) is 160 cm³/mol. The number of halogens is 6. The fraction of sp³-hybridized carbons (Fsp3) is 0.250. The Morgan fingerprint density at radius 2 is 1.52 bits per heavy atom. The first-order chi connectivity index (χ1) is 22.4. The number of nitrogens with one attached hydrogen (secondary N) is 2. The summed E-state index contributed by atoms with van der Waals surface area (Å²) >= 11 is -2.11. The van der Waals surface area contributed by atoms with Crippen molar-refractivity contribution in [1.82, 2.24) is 25.4 Å². The van der Waals surface area contributed by atoms with Crippen molar-refractivity contribution in [3.05, 3.63) is 99.7 Å². The average molecular weight is 735 g/mol. The standard InChI is InChI=1S/C28H23F6N5O6S3/c1-44-14-15-3-5-16(6-4-15)17-7-8-21-22(9-17)46-25(36-21)26(48(2,42)43,24-38-37-23(45-24)13-35-39-47(40)41)18-10-19(27(29,30)31)12-20(11-18)28(32,33)34/h3-12,35,39H,13-14H2,1-2H3,(H,40,41)/p-1. The summed E-state index contributed by atoms with van der Waals surface area (Å²) in [7, 11) is -3.33. The number of nitrogens with zero attached hydrogens (tertiary/aromatic N) is 3. The van der Waals surface area contributed by atoms with Crippen molar-refractivity contribution >= 4 is 42.7 Å². The molecule has 2 unspecified atom stereocenters. The van der Waals surface area contributed by atoms with E-state index in [0.29, 0.717) is 34.5 Å². The smallest absolute Gasteiger partial charge is 0.416 e. The Morgan fingerprint density at radius 1 is 0.917 bits per heavy atom. The number of rotatable bonds is 11. The molecule has 0 amide bonds. The van der Waals surface area contributed by atoms with Crippen LogP contribution in [0.2, 0.25) is 0 Å². The van der Waals surface area contributed by atoms with Gasteiger partial charge in [0.05, 0.1) is 34.5 Å². The van der Waals surface area contributed by atoms with Crippen LogP contribution in [0.4, 0.5) is 26.3 Å². The van der Waals surface area contributed by atoms with Crippen molar-refractivity contribution in [2.75, 3.05) is 13.4 Å². The second-order valence-electron chi connectivity index (χ2n) is 10.3. The SMILES string of the molecule is COCc1ccc(-c2ccc3nc(C(c4cc(C(F)(F)F)cc(C(F)(F)F)c4)(c4nnc(CNNS(=O)[O-])o4)S(C)(=O)=O)sc3c2)cc1. The Morgan fingerprint density at radius 3 is 2.08 bits per heavy atom. The summed E-state index contributed by atoms with van der Waals surface area (Å²) in [6, 6.07) is 12.5. The molecule has 48 heavy (non-hydrogen) atoms. The number of fused-ring (bicyclic) bond motifs is 1. The number of thiazole rings is 1. The minimum absolute atomic E-state index is 0.142. The van der Waals surface area contributed by atoms with E-state index in [-0.39, 0.29) is 23.7 Å². The van der Waals surface area contributed by atoms with Crippen LogP contribution in [-0.4, -0.2) is 45.7 Å². The molecule has 2 aromatic heterocycles. The van der Waals surface area contributed by atoms with E-state index in [0.717, 1.165) is 11.1 Å². The number of hydrogen-bond donors (Lipinski definition) is 2. The predicted octanol–water partition coefficient (Wildman–Crippen LogP) is 5.26. The van der Waals surface area contributed by atoms with E-state index in [9.17, 15) is 43.5 Å². The maximum atomic E-state index is 14.0. The molecule has 5 aromatic rings. The highest BCUT2D eigenvalue weighted by atomic mass is 32.2. The van der Waals surface area contributed by atoms with Gasteiger partial charge < -0.3 is 13.7 Å². The van der Waals surface area contributed by atoms with Gasteiger partial charge in [0, 0.05) is 24.6 Å². The molecule has 0 spiro atoms. The summed E-state index contributed by atoms with van der Waals surface area (Å²) in [5.41, 5.74) is 0.0502. The van der Waals surface area contributed by atoms with Gasteiger partial charge in [-0.3, -0.25) is 4.21 Å². The van der Waals surface area contributed by atoms with Crippen molar-refractivity contribution in [3.63, 3.8) is 0 Å². The third-order valence-corrected chi connectivity index (χ3v) is 10.3. The van der Waals surface area contributed by atoms with Crippen molar-refractivity contribution in [2.45, 2.75) is 30.3 Å². The first kappa shape index (κ1) is 35.5. The number of aromatic nitrogens is 3. The van der Waals surface area contributed by atoms with Gasteiger partial charge in [0.15, 0.2) is 9.84 Å². The molecule has 0 radical (unpaired) electrons. The van der Waals surface area contributed by atoms with Crippen LogP contribution in [0.25, 0.3) is 21.3 Å². The summed E-state index contributed by atoms with van der Waals surface area (Å²) in [6.45, 7) is -0.164. The number of sulfone groups is 1. The number of hydrogen-bond acceptors (Lipinski definition) is 11. The lowest BCUT2D eigenvalue weighted by molar-refractivity contribution is -0.143. The number of alkyl halides is 6. The molecule has 5 rings (SSSR count). The minimum Gasteiger partial charge on any atom is -0.759 e. The maximum Gasteiger partial charge on any atom is 0.416 e. The molecule has 0 aliphatic rings. The quantitative estimate of drug-likeness (QED) is 0.104. The zero-order valence-corrected chi connectivity index (χ0v) is 26.9. The minimum atomic E-state index is -5.33. The Hall–Kier alpha value is -3.79. The van der Waals surface area contributed by atoms with Gasteiger partial charge in [0.1, 0.15) is 5.01 Å². The molecule has 256 valence electrons. The van der Waals surface area contributed by atoms with Gasteiger partial charge in [-0.05, 0) is 52.6 Å². The van der Waals surface area contributed by atoms with E-state index in [2.05, 4.69) is 20.6 Å². The van der Waals surface area contributed by atoms with E-state index in [4.69, 9.17) is 9.15 Å². The summed E-state index contributed by atoms with van der Waals surface area (Å²) in [5.74, 6) is -1.38. The summed E-state index contributed by atoms with van der Waals surface area (Å²) in [4.78, 5) is 6.16. The first-order valence-electron chi connectivity index (χ1n) is 13.3. The van der Waals surface area contributed by atoms with Gasteiger partial charge in [-0.2, -0.15) is 31.2 Å². The van der Waals surface area contributed by atoms with E-state index in [1.54, 1.807) is 24.1 Å². The molecular weight excluding hydrogens is 713 g/mol. The van der Waals surface area contributed by atoms with Gasteiger partial charge in [-0.1, -0.05) is 30.3 Å². The molecule has 3 aromatic carbocycles. The second kappa shape index (κ2) is 13.3. The lowest BCUT2D eigenvalue weighted by atomic mass is 9.93. The molecule has 20 heteroatoms. The fourth-order valence-corrected chi connectivity index (χ4v) is 8.06. The Kier molecular flexibility index (Phi) is 9.81. The van der Waals surface area contributed by atoms with E-state index in [1.165, 1.54) is 6.07 Å². The van der Waals surface area contributed by atoms with Gasteiger partial charge in [-0.15, -0.1) is 21.5 Å². The van der Waals surface area contributed by atoms with Crippen LogP contribution in [0.5, 0.6) is 0 Å². The lowest BCUT2D eigenvalue weighted by Crippen LogP contribution is -2.39. The van der Waals surface area contributed by atoms with Gasteiger partial charge in [-0.25, -0.2) is 18.8 Å².